The minimum atomic E-state index is 0.247. The van der Waals surface area contributed by atoms with Gasteiger partial charge in [0.15, 0.2) is 0 Å². The number of aryl methyl sites for hydroxylation is 1. The first-order valence-electron chi connectivity index (χ1n) is 13.4. The Kier molecular flexibility index (Phi) is 6.81. The largest absolute Gasteiger partial charge is 0.496 e. The molecule has 0 unspecified atom stereocenters. The number of likely N-dealkylation sites (N-methyl/N-ethyl adjacent to an activating group) is 1. The minimum absolute atomic E-state index is 0.247. The summed E-state index contributed by atoms with van der Waals surface area (Å²) >= 11 is 0. The number of rotatable bonds is 7. The zero-order chi connectivity index (χ0) is 25.2. The van der Waals surface area contributed by atoms with Gasteiger partial charge >= 0.3 is 0 Å². The maximum Gasteiger partial charge on any atom is 0.138 e. The van der Waals surface area contributed by atoms with Gasteiger partial charge in [0.25, 0.3) is 0 Å². The van der Waals surface area contributed by atoms with E-state index in [0.29, 0.717) is 0 Å². The van der Waals surface area contributed by atoms with Gasteiger partial charge in [-0.1, -0.05) is 30.3 Å². The molecule has 6 rings (SSSR count). The molecule has 3 aromatic heterocycles. The van der Waals surface area contributed by atoms with Gasteiger partial charge in [-0.25, -0.2) is 4.98 Å². The maximum absolute atomic E-state index is 5.72. The van der Waals surface area contributed by atoms with E-state index in [1.165, 1.54) is 29.1 Å². The Hall–Kier alpha value is -3.42. The number of piperazine rings is 1. The molecule has 1 aliphatic carbocycles. The van der Waals surface area contributed by atoms with E-state index < -0.39 is 0 Å². The van der Waals surface area contributed by atoms with Gasteiger partial charge in [0.05, 0.1) is 24.5 Å². The number of ether oxygens (including phenoxy) is 1. The summed E-state index contributed by atoms with van der Waals surface area (Å²) in [7, 11) is 3.95. The Balaban J connectivity index is 1.34. The summed E-state index contributed by atoms with van der Waals surface area (Å²) < 4.78 is 7.99. The van der Waals surface area contributed by atoms with Gasteiger partial charge < -0.3 is 14.5 Å². The number of anilines is 1. The third-order valence-corrected chi connectivity index (χ3v) is 7.89. The lowest BCUT2D eigenvalue weighted by Gasteiger charge is -2.35. The average Bonchev–Trinajstić information content (AvgIpc) is 3.36. The van der Waals surface area contributed by atoms with Crippen LogP contribution in [0.5, 0.6) is 5.75 Å². The van der Waals surface area contributed by atoms with Gasteiger partial charge in [0.1, 0.15) is 17.2 Å². The molecule has 0 N–H and O–H groups in total. The van der Waals surface area contributed by atoms with Crippen LogP contribution in [0.4, 0.5) is 5.82 Å². The third-order valence-electron chi connectivity index (χ3n) is 7.89. The molecular formula is C30H36N6O. The van der Waals surface area contributed by atoms with Crippen molar-refractivity contribution in [2.45, 2.75) is 38.4 Å². The molecule has 0 amide bonds. The molecule has 0 bridgehead atoms. The molecule has 37 heavy (non-hydrogen) atoms. The van der Waals surface area contributed by atoms with Crippen LogP contribution in [-0.4, -0.2) is 64.5 Å². The Bertz CT molecular complexity index is 1360. The highest BCUT2D eigenvalue weighted by Gasteiger charge is 2.29. The van der Waals surface area contributed by atoms with Crippen molar-refractivity contribution >= 4 is 11.5 Å². The van der Waals surface area contributed by atoms with Crippen LogP contribution in [0.15, 0.2) is 67.0 Å². The van der Waals surface area contributed by atoms with E-state index in [-0.39, 0.29) is 6.04 Å². The molecule has 0 radical (unpaired) electrons. The van der Waals surface area contributed by atoms with Gasteiger partial charge in [0.2, 0.25) is 0 Å². The topological polar surface area (TPSA) is 49.1 Å². The molecule has 7 heteroatoms. The highest BCUT2D eigenvalue weighted by Crippen LogP contribution is 2.36. The molecule has 1 saturated heterocycles. The number of benzene rings is 1. The first-order valence-corrected chi connectivity index (χ1v) is 13.4. The van der Waals surface area contributed by atoms with Crippen molar-refractivity contribution in [3.8, 4) is 5.75 Å². The third kappa shape index (κ3) is 4.93. The summed E-state index contributed by atoms with van der Waals surface area (Å²) in [4.78, 5) is 17.4. The second kappa shape index (κ2) is 10.5. The molecule has 192 valence electrons. The fourth-order valence-corrected chi connectivity index (χ4v) is 5.89. The molecule has 4 aromatic rings. The predicted molar refractivity (Wildman–Crippen MR) is 147 cm³/mol. The van der Waals surface area contributed by atoms with Crippen LogP contribution < -0.4 is 9.64 Å². The lowest BCUT2D eigenvalue weighted by atomic mass is 9.90. The van der Waals surface area contributed by atoms with E-state index in [2.05, 4.69) is 74.8 Å². The second-order valence-electron chi connectivity index (χ2n) is 10.3. The Morgan fingerprint density at radius 3 is 2.70 bits per heavy atom. The Morgan fingerprint density at radius 2 is 1.84 bits per heavy atom. The summed E-state index contributed by atoms with van der Waals surface area (Å²) in [5.74, 6) is 2.15. The van der Waals surface area contributed by atoms with Gasteiger partial charge in [-0.15, -0.1) is 0 Å². The van der Waals surface area contributed by atoms with Crippen molar-refractivity contribution in [1.29, 1.82) is 0 Å². The van der Waals surface area contributed by atoms with E-state index in [9.17, 15) is 0 Å². The Labute approximate surface area is 219 Å². The molecular weight excluding hydrogens is 460 g/mol. The highest BCUT2D eigenvalue weighted by molar-refractivity contribution is 5.53. The van der Waals surface area contributed by atoms with E-state index >= 15 is 0 Å². The fourth-order valence-electron chi connectivity index (χ4n) is 5.89. The zero-order valence-corrected chi connectivity index (χ0v) is 21.9. The summed E-state index contributed by atoms with van der Waals surface area (Å²) in [5, 5.41) is 0. The smallest absolute Gasteiger partial charge is 0.138 e. The van der Waals surface area contributed by atoms with Crippen LogP contribution in [0.1, 0.15) is 41.4 Å². The van der Waals surface area contributed by atoms with Gasteiger partial charge in [-0.2, -0.15) is 0 Å². The number of aromatic nitrogens is 3. The van der Waals surface area contributed by atoms with Crippen molar-refractivity contribution < 1.29 is 4.74 Å². The van der Waals surface area contributed by atoms with E-state index in [0.717, 1.165) is 69.2 Å². The number of methoxy groups -OCH3 is 1. The molecule has 1 aliphatic heterocycles. The van der Waals surface area contributed by atoms with Crippen molar-refractivity contribution in [3.05, 3.63) is 89.5 Å². The number of imidazole rings is 1. The maximum atomic E-state index is 5.72. The lowest BCUT2D eigenvalue weighted by Crippen LogP contribution is -2.45. The van der Waals surface area contributed by atoms with Crippen molar-refractivity contribution in [2.75, 3.05) is 45.2 Å². The molecule has 1 atom stereocenters. The molecule has 1 fully saturated rings. The van der Waals surface area contributed by atoms with Crippen LogP contribution in [-0.2, 0) is 19.5 Å². The summed E-state index contributed by atoms with van der Waals surface area (Å²) in [5.41, 5.74) is 5.86. The SMILES string of the molecule is COc1ccccc1CN(Cc1cn2c(N3CCN(C)CC3)cccc2n1)[C@H]1CCCc2cccnc21. The number of hydrogen-bond acceptors (Lipinski definition) is 6. The molecule has 1 aromatic carbocycles. The molecule has 0 saturated carbocycles. The number of para-hydroxylation sites is 1. The van der Waals surface area contributed by atoms with E-state index in [1.54, 1.807) is 7.11 Å². The summed E-state index contributed by atoms with van der Waals surface area (Å²) in [6, 6.07) is 19.4. The van der Waals surface area contributed by atoms with Crippen LogP contribution in [0.3, 0.4) is 0 Å². The van der Waals surface area contributed by atoms with Crippen molar-refractivity contribution in [2.24, 2.45) is 0 Å². The average molecular weight is 497 g/mol. The van der Waals surface area contributed by atoms with Crippen molar-refractivity contribution in [1.82, 2.24) is 24.2 Å². The first-order chi connectivity index (χ1) is 18.2. The highest BCUT2D eigenvalue weighted by atomic mass is 16.5. The van der Waals surface area contributed by atoms with E-state index in [4.69, 9.17) is 14.7 Å². The van der Waals surface area contributed by atoms with Gasteiger partial charge in [0, 0.05) is 57.2 Å². The fraction of sp³-hybridized carbons (Fsp3) is 0.400. The number of nitrogens with zero attached hydrogens (tertiary/aromatic N) is 6. The van der Waals surface area contributed by atoms with Crippen LogP contribution >= 0.6 is 0 Å². The molecule has 4 heterocycles. The van der Waals surface area contributed by atoms with Crippen molar-refractivity contribution in [3.63, 3.8) is 0 Å². The van der Waals surface area contributed by atoms with Crippen LogP contribution in [0.25, 0.3) is 5.65 Å². The second-order valence-corrected chi connectivity index (χ2v) is 10.3. The standard InChI is InChI=1S/C30H36N6O/c1-33-16-18-34(19-17-33)29-14-6-13-28-32-25(22-36(28)29)21-35(20-24-8-3-4-12-27(24)37-2)26-11-5-9-23-10-7-15-31-30(23)26/h3-4,6-8,10,12-15,22,26H,5,9,11,16-21H2,1-2H3/t26-/m0/s1. The zero-order valence-electron chi connectivity index (χ0n) is 21.9. The van der Waals surface area contributed by atoms with Crippen LogP contribution in [0.2, 0.25) is 0 Å². The minimum Gasteiger partial charge on any atom is -0.496 e. The first kappa shape index (κ1) is 23.9. The normalized spacial score (nSPS) is 18.4. The van der Waals surface area contributed by atoms with E-state index in [1.807, 2.05) is 18.3 Å². The van der Waals surface area contributed by atoms with Crippen LogP contribution in [0, 0.1) is 0 Å². The number of fused-ring (bicyclic) bond motifs is 2. The lowest BCUT2D eigenvalue weighted by molar-refractivity contribution is 0.153. The summed E-state index contributed by atoms with van der Waals surface area (Å²) in [6.07, 6.45) is 7.54. The quantitative estimate of drug-likeness (QED) is 0.374. The molecule has 2 aliphatic rings. The number of pyridine rings is 2. The summed E-state index contributed by atoms with van der Waals surface area (Å²) in [6.45, 7) is 5.77. The molecule has 0 spiro atoms. The molecule has 7 nitrogen and oxygen atoms in total. The predicted octanol–water partition coefficient (Wildman–Crippen LogP) is 4.57. The Morgan fingerprint density at radius 1 is 0.973 bits per heavy atom. The van der Waals surface area contributed by atoms with Gasteiger partial charge in [-0.05, 0) is 56.1 Å². The van der Waals surface area contributed by atoms with Gasteiger partial charge in [-0.3, -0.25) is 14.3 Å². The monoisotopic (exact) mass is 496 g/mol. The number of hydrogen-bond donors (Lipinski definition) is 0.